The summed E-state index contributed by atoms with van der Waals surface area (Å²) in [4.78, 5) is 11.9. The van der Waals surface area contributed by atoms with Gasteiger partial charge in [-0.15, -0.1) is 0 Å². The maximum atomic E-state index is 5.41. The van der Waals surface area contributed by atoms with E-state index < -0.39 is 0 Å². The van der Waals surface area contributed by atoms with E-state index in [4.69, 9.17) is 9.72 Å². The third-order valence-electron chi connectivity index (χ3n) is 3.89. The predicted molar refractivity (Wildman–Crippen MR) is 92.4 cm³/mol. The minimum atomic E-state index is 0.838. The SMILES string of the molecule is CCCCCCSc1nc(CC)cc(CN2CCOCC2)n1. The second kappa shape index (κ2) is 10.2. The van der Waals surface area contributed by atoms with E-state index in [1.807, 2.05) is 11.8 Å². The number of aromatic nitrogens is 2. The lowest BCUT2D eigenvalue weighted by Gasteiger charge is -2.26. The van der Waals surface area contributed by atoms with E-state index in [0.717, 1.165) is 61.6 Å². The summed E-state index contributed by atoms with van der Waals surface area (Å²) in [6.07, 6.45) is 6.17. The van der Waals surface area contributed by atoms with Gasteiger partial charge in [0.25, 0.3) is 0 Å². The lowest BCUT2D eigenvalue weighted by molar-refractivity contribution is 0.0335. The lowest BCUT2D eigenvalue weighted by atomic mass is 10.2. The van der Waals surface area contributed by atoms with E-state index >= 15 is 0 Å². The van der Waals surface area contributed by atoms with Crippen LogP contribution in [-0.2, 0) is 17.7 Å². The van der Waals surface area contributed by atoms with Gasteiger partial charge in [-0.2, -0.15) is 0 Å². The van der Waals surface area contributed by atoms with Crippen molar-refractivity contribution >= 4 is 11.8 Å². The lowest BCUT2D eigenvalue weighted by Crippen LogP contribution is -2.36. The second-order valence-corrected chi connectivity index (χ2v) is 6.85. The Morgan fingerprint density at radius 3 is 2.59 bits per heavy atom. The first kappa shape index (κ1) is 17.7. The van der Waals surface area contributed by atoms with E-state index in [0.29, 0.717) is 0 Å². The summed E-state index contributed by atoms with van der Waals surface area (Å²) in [5, 5.41) is 0.958. The van der Waals surface area contributed by atoms with Gasteiger partial charge >= 0.3 is 0 Å². The molecule has 5 heteroatoms. The largest absolute Gasteiger partial charge is 0.379 e. The van der Waals surface area contributed by atoms with Crippen molar-refractivity contribution in [1.29, 1.82) is 0 Å². The third kappa shape index (κ3) is 6.23. The summed E-state index contributed by atoms with van der Waals surface area (Å²) >= 11 is 1.81. The summed E-state index contributed by atoms with van der Waals surface area (Å²) < 4.78 is 5.41. The summed E-state index contributed by atoms with van der Waals surface area (Å²) in [5.74, 6) is 1.13. The van der Waals surface area contributed by atoms with Gasteiger partial charge in [-0.1, -0.05) is 44.9 Å². The number of hydrogen-bond donors (Lipinski definition) is 0. The van der Waals surface area contributed by atoms with Crippen LogP contribution in [-0.4, -0.2) is 46.9 Å². The molecular formula is C17H29N3OS. The normalized spacial score (nSPS) is 16.1. The molecule has 124 valence electrons. The highest BCUT2D eigenvalue weighted by Crippen LogP contribution is 2.18. The number of rotatable bonds is 9. The van der Waals surface area contributed by atoms with E-state index in [1.54, 1.807) is 0 Å². The average molecular weight is 324 g/mol. The summed E-state index contributed by atoms with van der Waals surface area (Å²) in [6.45, 7) is 9.02. The van der Waals surface area contributed by atoms with E-state index in [1.165, 1.54) is 25.7 Å². The summed E-state index contributed by atoms with van der Waals surface area (Å²) in [5.41, 5.74) is 2.32. The maximum absolute atomic E-state index is 5.41. The highest BCUT2D eigenvalue weighted by Gasteiger charge is 2.13. The van der Waals surface area contributed by atoms with Crippen LogP contribution in [0.2, 0.25) is 0 Å². The Kier molecular flexibility index (Phi) is 8.20. The first-order valence-electron chi connectivity index (χ1n) is 8.61. The van der Waals surface area contributed by atoms with Crippen LogP contribution in [0.25, 0.3) is 0 Å². The molecule has 22 heavy (non-hydrogen) atoms. The molecule has 1 fully saturated rings. The molecule has 2 heterocycles. The summed E-state index contributed by atoms with van der Waals surface area (Å²) in [6, 6.07) is 2.16. The third-order valence-corrected chi connectivity index (χ3v) is 4.83. The molecule has 0 unspecified atom stereocenters. The average Bonchev–Trinajstić information content (AvgIpc) is 2.55. The molecule has 0 N–H and O–H groups in total. The zero-order valence-electron chi connectivity index (χ0n) is 14.0. The number of morpholine rings is 1. The molecule has 1 aliphatic heterocycles. The first-order valence-corrected chi connectivity index (χ1v) is 9.60. The van der Waals surface area contributed by atoms with Crippen LogP contribution in [0, 0.1) is 0 Å². The van der Waals surface area contributed by atoms with Crippen LogP contribution in [0.3, 0.4) is 0 Å². The van der Waals surface area contributed by atoms with Crippen molar-refractivity contribution in [3.05, 3.63) is 17.5 Å². The van der Waals surface area contributed by atoms with Crippen molar-refractivity contribution in [1.82, 2.24) is 14.9 Å². The minimum absolute atomic E-state index is 0.838. The predicted octanol–water partition coefficient (Wildman–Crippen LogP) is 3.54. The Balaban J connectivity index is 1.90. The van der Waals surface area contributed by atoms with Gasteiger partial charge in [-0.3, -0.25) is 4.90 Å². The topological polar surface area (TPSA) is 38.2 Å². The summed E-state index contributed by atoms with van der Waals surface area (Å²) in [7, 11) is 0. The first-order chi connectivity index (χ1) is 10.8. The number of nitrogens with zero attached hydrogens (tertiary/aromatic N) is 3. The van der Waals surface area contributed by atoms with Gasteiger partial charge in [0, 0.05) is 31.1 Å². The smallest absolute Gasteiger partial charge is 0.188 e. The van der Waals surface area contributed by atoms with Crippen molar-refractivity contribution in [2.24, 2.45) is 0 Å². The van der Waals surface area contributed by atoms with Gasteiger partial charge in [0.2, 0.25) is 0 Å². The fraction of sp³-hybridized carbons (Fsp3) is 0.765. The molecule has 0 aromatic carbocycles. The van der Waals surface area contributed by atoms with Crippen molar-refractivity contribution < 1.29 is 4.74 Å². The van der Waals surface area contributed by atoms with Crippen LogP contribution in [0.1, 0.15) is 50.9 Å². The molecule has 0 amide bonds. The Morgan fingerprint density at radius 1 is 1.09 bits per heavy atom. The van der Waals surface area contributed by atoms with E-state index in [-0.39, 0.29) is 0 Å². The standard InChI is InChI=1S/C17H29N3OS/c1-3-5-6-7-12-22-17-18-15(4-2)13-16(19-17)14-20-8-10-21-11-9-20/h13H,3-12,14H2,1-2H3. The van der Waals surface area contributed by atoms with Crippen molar-refractivity contribution in [2.75, 3.05) is 32.1 Å². The van der Waals surface area contributed by atoms with Gasteiger partial charge < -0.3 is 4.74 Å². The highest BCUT2D eigenvalue weighted by atomic mass is 32.2. The Hall–Kier alpha value is -0.650. The number of aryl methyl sites for hydroxylation is 1. The number of ether oxygens (including phenoxy) is 1. The fourth-order valence-electron chi connectivity index (χ4n) is 2.53. The van der Waals surface area contributed by atoms with E-state index in [9.17, 15) is 0 Å². The van der Waals surface area contributed by atoms with Crippen LogP contribution in [0.15, 0.2) is 11.2 Å². The molecule has 0 bridgehead atoms. The Bertz CT molecular complexity index is 436. The monoisotopic (exact) mass is 323 g/mol. The molecule has 1 saturated heterocycles. The molecular weight excluding hydrogens is 294 g/mol. The van der Waals surface area contributed by atoms with Crippen LogP contribution in [0.4, 0.5) is 0 Å². The molecule has 0 atom stereocenters. The van der Waals surface area contributed by atoms with Crippen LogP contribution >= 0.6 is 11.8 Å². The molecule has 0 radical (unpaired) electrons. The number of thioether (sulfide) groups is 1. The van der Waals surface area contributed by atoms with Gasteiger partial charge in [-0.25, -0.2) is 9.97 Å². The maximum Gasteiger partial charge on any atom is 0.188 e. The van der Waals surface area contributed by atoms with Gasteiger partial charge in [-0.05, 0) is 18.9 Å². The fourth-order valence-corrected chi connectivity index (χ4v) is 3.43. The molecule has 0 spiro atoms. The van der Waals surface area contributed by atoms with Crippen molar-refractivity contribution in [3.8, 4) is 0 Å². The van der Waals surface area contributed by atoms with Gasteiger partial charge in [0.15, 0.2) is 5.16 Å². The molecule has 2 rings (SSSR count). The molecule has 0 aliphatic carbocycles. The molecule has 1 aromatic rings. The van der Waals surface area contributed by atoms with Crippen LogP contribution in [0.5, 0.6) is 0 Å². The number of unbranched alkanes of at least 4 members (excludes halogenated alkanes) is 3. The quantitative estimate of drug-likeness (QED) is 0.395. The van der Waals surface area contributed by atoms with Crippen molar-refractivity contribution in [2.45, 2.75) is 57.7 Å². The molecule has 0 saturated carbocycles. The van der Waals surface area contributed by atoms with Crippen molar-refractivity contribution in [3.63, 3.8) is 0 Å². The zero-order valence-corrected chi connectivity index (χ0v) is 14.8. The zero-order chi connectivity index (χ0) is 15.6. The molecule has 1 aromatic heterocycles. The minimum Gasteiger partial charge on any atom is -0.379 e. The Labute approximate surface area is 139 Å². The molecule has 1 aliphatic rings. The van der Waals surface area contributed by atoms with Gasteiger partial charge in [0.1, 0.15) is 0 Å². The van der Waals surface area contributed by atoms with Crippen LogP contribution < -0.4 is 0 Å². The van der Waals surface area contributed by atoms with E-state index in [2.05, 4.69) is 29.8 Å². The molecule has 4 nitrogen and oxygen atoms in total. The second-order valence-electron chi connectivity index (χ2n) is 5.78. The Morgan fingerprint density at radius 2 is 1.86 bits per heavy atom. The van der Waals surface area contributed by atoms with Gasteiger partial charge in [0.05, 0.1) is 18.9 Å². The highest BCUT2D eigenvalue weighted by molar-refractivity contribution is 7.99. The number of hydrogen-bond acceptors (Lipinski definition) is 5.